The third-order valence-corrected chi connectivity index (χ3v) is 4.55. The van der Waals surface area contributed by atoms with E-state index in [0.717, 1.165) is 5.56 Å². The number of H-pyrrole nitrogens is 1. The molecule has 8 nitrogen and oxygen atoms in total. The van der Waals surface area contributed by atoms with Gasteiger partial charge in [-0.3, -0.25) is 0 Å². The summed E-state index contributed by atoms with van der Waals surface area (Å²) in [7, 11) is 0. The molecule has 1 atom stereocenters. The van der Waals surface area contributed by atoms with E-state index in [1.54, 1.807) is 13.0 Å². The van der Waals surface area contributed by atoms with Gasteiger partial charge in [-0.05, 0) is 39.8 Å². The zero-order chi connectivity index (χ0) is 20.6. The second-order valence-corrected chi connectivity index (χ2v) is 7.60. The van der Waals surface area contributed by atoms with Gasteiger partial charge in [-0.25, -0.2) is 14.8 Å². The second kappa shape index (κ2) is 8.36. The molecule has 9 heteroatoms. The third-order valence-electron chi connectivity index (χ3n) is 4.55. The Labute approximate surface area is 175 Å². The summed E-state index contributed by atoms with van der Waals surface area (Å²) in [6.45, 7) is 7.24. The molecule has 0 aliphatic rings. The summed E-state index contributed by atoms with van der Waals surface area (Å²) in [4.78, 5) is 24.1. The Hall–Kier alpha value is -2.68. The number of aryl methyl sites for hydroxylation is 1. The van der Waals surface area contributed by atoms with Crippen LogP contribution in [0.5, 0.6) is 0 Å². The highest BCUT2D eigenvalue weighted by molar-refractivity contribution is 5.95. The second-order valence-electron chi connectivity index (χ2n) is 7.60. The van der Waals surface area contributed by atoms with Gasteiger partial charge in [0.25, 0.3) is 0 Å². The van der Waals surface area contributed by atoms with E-state index < -0.39 is 17.6 Å². The number of benzene rings is 1. The Kier molecular flexibility index (Phi) is 6.52. The van der Waals surface area contributed by atoms with E-state index in [2.05, 4.69) is 15.3 Å². The molecule has 156 valence electrons. The number of hydrogen-bond donors (Lipinski definition) is 5. The van der Waals surface area contributed by atoms with E-state index >= 15 is 0 Å². The van der Waals surface area contributed by atoms with E-state index in [1.807, 2.05) is 39.0 Å². The summed E-state index contributed by atoms with van der Waals surface area (Å²) in [5.41, 5.74) is 9.33. The highest BCUT2D eigenvalue weighted by atomic mass is 35.5. The van der Waals surface area contributed by atoms with Crippen LogP contribution in [0, 0.1) is 6.92 Å². The SMILES string of the molecule is Cc1nc2cccc(-c3cc(C(=O)O)c(C(C)N)[nH]3)c2nc1NC(C)(C)CO.Cl. The average Bonchev–Trinajstić information content (AvgIpc) is 3.07. The molecule has 0 saturated heterocycles. The Balaban J connectivity index is 0.00000300. The summed E-state index contributed by atoms with van der Waals surface area (Å²) in [5, 5.41) is 22.2. The highest BCUT2D eigenvalue weighted by Crippen LogP contribution is 2.31. The summed E-state index contributed by atoms with van der Waals surface area (Å²) in [6.07, 6.45) is 0. The fourth-order valence-corrected chi connectivity index (χ4v) is 3.01. The van der Waals surface area contributed by atoms with Gasteiger partial charge in [0.15, 0.2) is 0 Å². The predicted octanol–water partition coefficient (Wildman–Crippen LogP) is 3.26. The lowest BCUT2D eigenvalue weighted by atomic mass is 10.1. The number of nitrogens with zero attached hydrogens (tertiary/aromatic N) is 2. The number of aromatic amines is 1. The van der Waals surface area contributed by atoms with Crippen molar-refractivity contribution in [1.82, 2.24) is 15.0 Å². The minimum atomic E-state index is -1.04. The number of carbonyl (C=O) groups is 1. The summed E-state index contributed by atoms with van der Waals surface area (Å²) >= 11 is 0. The van der Waals surface area contributed by atoms with Crippen LogP contribution in [-0.2, 0) is 0 Å². The number of aliphatic hydroxyl groups is 1. The van der Waals surface area contributed by atoms with Crippen LogP contribution >= 0.6 is 12.4 Å². The lowest BCUT2D eigenvalue weighted by Crippen LogP contribution is -2.35. The Morgan fingerprint density at radius 1 is 1.34 bits per heavy atom. The summed E-state index contributed by atoms with van der Waals surface area (Å²) in [5.74, 6) is -0.472. The number of rotatable bonds is 6. The Bertz CT molecular complexity index is 1050. The molecule has 3 aromatic rings. The monoisotopic (exact) mass is 419 g/mol. The molecular weight excluding hydrogens is 394 g/mol. The molecule has 0 aliphatic heterocycles. The maximum absolute atomic E-state index is 11.6. The molecule has 29 heavy (non-hydrogen) atoms. The zero-order valence-electron chi connectivity index (χ0n) is 16.8. The minimum Gasteiger partial charge on any atom is -0.478 e. The number of halogens is 1. The van der Waals surface area contributed by atoms with E-state index in [-0.39, 0.29) is 24.6 Å². The number of nitrogens with one attached hydrogen (secondary N) is 2. The van der Waals surface area contributed by atoms with Crippen LogP contribution < -0.4 is 11.1 Å². The van der Waals surface area contributed by atoms with Crippen molar-refractivity contribution in [3.05, 3.63) is 41.2 Å². The number of fused-ring (bicyclic) bond motifs is 1. The smallest absolute Gasteiger partial charge is 0.337 e. The molecule has 0 aliphatic carbocycles. The number of aromatic nitrogens is 3. The molecule has 3 rings (SSSR count). The third kappa shape index (κ3) is 4.50. The van der Waals surface area contributed by atoms with Gasteiger partial charge in [-0.1, -0.05) is 12.1 Å². The molecule has 0 saturated carbocycles. The van der Waals surface area contributed by atoms with Crippen LogP contribution in [0.4, 0.5) is 5.82 Å². The van der Waals surface area contributed by atoms with Crippen molar-refractivity contribution in [3.63, 3.8) is 0 Å². The molecule has 0 spiro atoms. The first-order chi connectivity index (χ1) is 13.1. The van der Waals surface area contributed by atoms with Gasteiger partial charge in [-0.2, -0.15) is 0 Å². The van der Waals surface area contributed by atoms with Gasteiger partial charge in [0, 0.05) is 23.0 Å². The summed E-state index contributed by atoms with van der Waals surface area (Å²) in [6, 6.07) is 6.68. The lowest BCUT2D eigenvalue weighted by molar-refractivity contribution is 0.0695. The molecular formula is C20H26ClN5O3. The molecule has 2 aromatic heterocycles. The largest absolute Gasteiger partial charge is 0.478 e. The van der Waals surface area contributed by atoms with Crippen LogP contribution in [0.1, 0.15) is 48.6 Å². The first-order valence-corrected chi connectivity index (χ1v) is 9.01. The molecule has 1 aromatic carbocycles. The number of nitrogens with two attached hydrogens (primary N) is 1. The number of anilines is 1. The van der Waals surface area contributed by atoms with Crippen LogP contribution in [-0.4, -0.2) is 43.3 Å². The molecule has 0 amide bonds. The normalized spacial score (nSPS) is 12.5. The van der Waals surface area contributed by atoms with E-state index in [0.29, 0.717) is 33.9 Å². The standard InChI is InChI=1S/C20H25N5O3.ClH/c1-10(21)16-13(19(27)28)8-15(23-16)12-6-5-7-14-17(12)24-18(11(2)22-14)25-20(3,4)9-26;/h5-8,10,23,26H,9,21H2,1-4H3,(H,24,25)(H,27,28);1H. The Morgan fingerprint density at radius 3 is 2.59 bits per heavy atom. The number of carboxylic acid groups (broad SMARTS) is 1. The van der Waals surface area contributed by atoms with Crippen molar-refractivity contribution in [3.8, 4) is 11.3 Å². The van der Waals surface area contributed by atoms with Crippen molar-refractivity contribution >= 4 is 35.2 Å². The van der Waals surface area contributed by atoms with E-state index in [1.165, 1.54) is 0 Å². The first-order valence-electron chi connectivity index (χ1n) is 9.01. The quantitative estimate of drug-likeness (QED) is 0.413. The fourth-order valence-electron chi connectivity index (χ4n) is 3.01. The molecule has 6 N–H and O–H groups in total. The minimum absolute atomic E-state index is 0. The van der Waals surface area contributed by atoms with Crippen LogP contribution in [0.3, 0.4) is 0 Å². The van der Waals surface area contributed by atoms with Crippen LogP contribution in [0.25, 0.3) is 22.3 Å². The topological polar surface area (TPSA) is 137 Å². The molecule has 0 bridgehead atoms. The van der Waals surface area contributed by atoms with Gasteiger partial charge in [-0.15, -0.1) is 12.4 Å². The van der Waals surface area contributed by atoms with Gasteiger partial charge in [0.1, 0.15) is 11.3 Å². The van der Waals surface area contributed by atoms with Gasteiger partial charge in [0.05, 0.1) is 28.9 Å². The zero-order valence-corrected chi connectivity index (χ0v) is 17.6. The van der Waals surface area contributed by atoms with E-state index in [9.17, 15) is 15.0 Å². The number of hydrogen-bond acceptors (Lipinski definition) is 6. The molecule has 2 heterocycles. The van der Waals surface area contributed by atoms with Crippen molar-refractivity contribution < 1.29 is 15.0 Å². The number of aromatic carboxylic acids is 1. The van der Waals surface area contributed by atoms with Crippen LogP contribution in [0.2, 0.25) is 0 Å². The van der Waals surface area contributed by atoms with Crippen molar-refractivity contribution in [2.75, 3.05) is 11.9 Å². The fraction of sp³-hybridized carbons (Fsp3) is 0.350. The first kappa shape index (κ1) is 22.6. The Morgan fingerprint density at radius 2 is 2.03 bits per heavy atom. The van der Waals surface area contributed by atoms with Crippen molar-refractivity contribution in [2.45, 2.75) is 39.3 Å². The summed E-state index contributed by atoms with van der Waals surface area (Å²) < 4.78 is 0. The molecule has 0 fully saturated rings. The number of carboxylic acids is 1. The maximum Gasteiger partial charge on any atom is 0.337 e. The lowest BCUT2D eigenvalue weighted by Gasteiger charge is -2.25. The van der Waals surface area contributed by atoms with Crippen molar-refractivity contribution in [1.29, 1.82) is 0 Å². The molecule has 1 unspecified atom stereocenters. The predicted molar refractivity (Wildman–Crippen MR) is 116 cm³/mol. The number of aliphatic hydroxyl groups excluding tert-OH is 1. The van der Waals surface area contributed by atoms with Crippen molar-refractivity contribution in [2.24, 2.45) is 5.73 Å². The number of para-hydroxylation sites is 1. The van der Waals surface area contributed by atoms with E-state index in [4.69, 9.17) is 10.7 Å². The van der Waals surface area contributed by atoms with Crippen LogP contribution in [0.15, 0.2) is 24.3 Å². The highest BCUT2D eigenvalue weighted by Gasteiger charge is 2.21. The maximum atomic E-state index is 11.6. The molecule has 0 radical (unpaired) electrons. The average molecular weight is 420 g/mol. The van der Waals surface area contributed by atoms with Gasteiger partial charge in [0.2, 0.25) is 0 Å². The van der Waals surface area contributed by atoms with Gasteiger partial charge >= 0.3 is 5.97 Å². The van der Waals surface area contributed by atoms with Gasteiger partial charge < -0.3 is 26.2 Å².